The van der Waals surface area contributed by atoms with E-state index in [9.17, 15) is 13.2 Å². The van der Waals surface area contributed by atoms with Gasteiger partial charge in [-0.1, -0.05) is 0 Å². The molecule has 0 bridgehead atoms. The summed E-state index contributed by atoms with van der Waals surface area (Å²) >= 11 is 0. The lowest BCUT2D eigenvalue weighted by molar-refractivity contribution is -0.134. The third-order valence-corrected chi connectivity index (χ3v) is 4.68. The second kappa shape index (κ2) is 6.43. The lowest BCUT2D eigenvalue weighted by Crippen LogP contribution is -2.45. The summed E-state index contributed by atoms with van der Waals surface area (Å²) in [5, 5.41) is 0. The maximum absolute atomic E-state index is 12.3. The minimum absolute atomic E-state index is 0.0536. The Hall–Kier alpha value is -1.30. The second-order valence-corrected chi connectivity index (χ2v) is 7.72. The molecule has 112 valence electrons. The molecule has 1 aliphatic rings. The number of likely N-dealkylation sites (tertiary alicyclic amines) is 1. The van der Waals surface area contributed by atoms with Crippen LogP contribution in [0.1, 0.15) is 31.2 Å². The summed E-state index contributed by atoms with van der Waals surface area (Å²) in [7, 11) is -2.98. The Bertz CT molecular complexity index is 536. The van der Waals surface area contributed by atoms with E-state index < -0.39 is 9.84 Å². The average molecular weight is 299 g/mol. The maximum atomic E-state index is 12.3. The van der Waals surface area contributed by atoms with Gasteiger partial charge in [-0.3, -0.25) is 4.79 Å². The van der Waals surface area contributed by atoms with Crippen LogP contribution in [0.4, 0.5) is 0 Å². The summed E-state index contributed by atoms with van der Waals surface area (Å²) in [6, 6.07) is 1.84. The first-order valence-electron chi connectivity index (χ1n) is 6.94. The molecule has 1 aliphatic heterocycles. The van der Waals surface area contributed by atoms with Crippen molar-refractivity contribution in [3.8, 4) is 0 Å². The molecule has 1 atom stereocenters. The molecule has 5 nitrogen and oxygen atoms in total. The molecule has 1 aromatic rings. The van der Waals surface area contributed by atoms with E-state index >= 15 is 0 Å². The van der Waals surface area contributed by atoms with Gasteiger partial charge in [0.15, 0.2) is 0 Å². The van der Waals surface area contributed by atoms with E-state index in [1.165, 1.54) is 6.26 Å². The van der Waals surface area contributed by atoms with E-state index in [-0.39, 0.29) is 17.7 Å². The standard InChI is InChI=1S/C14H21NO4S/c1-20(17,18)9-6-13-4-2-3-7-15(13)14(16)10-12-5-8-19-11-12/h5,8,11,13H,2-4,6-7,9-10H2,1H3. The largest absolute Gasteiger partial charge is 0.472 e. The summed E-state index contributed by atoms with van der Waals surface area (Å²) in [5.74, 6) is 0.206. The first kappa shape index (κ1) is 15.1. The molecular formula is C14H21NO4S. The van der Waals surface area contributed by atoms with Gasteiger partial charge in [-0.2, -0.15) is 0 Å². The third kappa shape index (κ3) is 4.37. The molecule has 0 saturated carbocycles. The van der Waals surface area contributed by atoms with Gasteiger partial charge in [0.05, 0.1) is 24.7 Å². The number of amides is 1. The van der Waals surface area contributed by atoms with Crippen LogP contribution in [0, 0.1) is 0 Å². The Kier molecular flexibility index (Phi) is 4.86. The molecule has 1 saturated heterocycles. The normalized spacial score (nSPS) is 20.1. The molecule has 1 fully saturated rings. The number of rotatable bonds is 5. The van der Waals surface area contributed by atoms with Crippen LogP contribution in [0.2, 0.25) is 0 Å². The van der Waals surface area contributed by atoms with Gasteiger partial charge >= 0.3 is 0 Å². The Morgan fingerprint density at radius 3 is 2.90 bits per heavy atom. The van der Waals surface area contributed by atoms with Crippen molar-refractivity contribution in [2.24, 2.45) is 0 Å². The Labute approximate surface area is 119 Å². The quantitative estimate of drug-likeness (QED) is 0.829. The van der Waals surface area contributed by atoms with Crippen molar-refractivity contribution in [3.05, 3.63) is 24.2 Å². The van der Waals surface area contributed by atoms with Gasteiger partial charge in [0.1, 0.15) is 9.84 Å². The molecule has 1 amide bonds. The minimum Gasteiger partial charge on any atom is -0.472 e. The van der Waals surface area contributed by atoms with Gasteiger partial charge in [0.25, 0.3) is 0 Å². The first-order valence-corrected chi connectivity index (χ1v) is 9.00. The summed E-state index contributed by atoms with van der Waals surface area (Å²) < 4.78 is 27.6. The molecule has 1 aromatic heterocycles. The van der Waals surface area contributed by atoms with Gasteiger partial charge < -0.3 is 9.32 Å². The minimum atomic E-state index is -2.98. The summed E-state index contributed by atoms with van der Waals surface area (Å²) in [5.41, 5.74) is 0.863. The molecule has 0 aliphatic carbocycles. The number of piperidine rings is 1. The Morgan fingerprint density at radius 2 is 2.25 bits per heavy atom. The van der Waals surface area contributed by atoms with E-state index in [0.717, 1.165) is 31.4 Å². The van der Waals surface area contributed by atoms with Gasteiger partial charge in [-0.05, 0) is 37.3 Å². The number of hydrogen-bond acceptors (Lipinski definition) is 4. The average Bonchev–Trinajstić information content (AvgIpc) is 2.88. The van der Waals surface area contributed by atoms with Crippen molar-refractivity contribution in [2.75, 3.05) is 18.6 Å². The van der Waals surface area contributed by atoms with Crippen LogP contribution in [-0.4, -0.2) is 43.8 Å². The highest BCUT2D eigenvalue weighted by atomic mass is 32.2. The fraction of sp³-hybridized carbons (Fsp3) is 0.643. The number of hydrogen-bond donors (Lipinski definition) is 0. The predicted octanol–water partition coefficient (Wildman–Crippen LogP) is 1.64. The third-order valence-electron chi connectivity index (χ3n) is 3.70. The van der Waals surface area contributed by atoms with Gasteiger partial charge in [-0.25, -0.2) is 8.42 Å². The number of carbonyl (C=O) groups excluding carboxylic acids is 1. The van der Waals surface area contributed by atoms with Crippen molar-refractivity contribution < 1.29 is 17.6 Å². The molecule has 0 N–H and O–H groups in total. The highest BCUT2D eigenvalue weighted by Crippen LogP contribution is 2.21. The second-order valence-electron chi connectivity index (χ2n) is 5.46. The number of furan rings is 1. The van der Waals surface area contributed by atoms with Crippen LogP contribution in [-0.2, 0) is 21.1 Å². The fourth-order valence-electron chi connectivity index (χ4n) is 2.65. The van der Waals surface area contributed by atoms with Gasteiger partial charge in [0, 0.05) is 18.8 Å². The van der Waals surface area contributed by atoms with E-state index in [1.54, 1.807) is 18.6 Å². The van der Waals surface area contributed by atoms with E-state index in [1.807, 2.05) is 4.90 Å². The van der Waals surface area contributed by atoms with Crippen molar-refractivity contribution in [3.63, 3.8) is 0 Å². The van der Waals surface area contributed by atoms with Crippen molar-refractivity contribution in [1.29, 1.82) is 0 Å². The van der Waals surface area contributed by atoms with Crippen molar-refractivity contribution in [2.45, 2.75) is 38.1 Å². The molecular weight excluding hydrogens is 278 g/mol. The molecule has 6 heteroatoms. The molecule has 2 heterocycles. The summed E-state index contributed by atoms with van der Waals surface area (Å²) in [6.07, 6.45) is 8.19. The first-order chi connectivity index (χ1) is 9.46. The fourth-order valence-corrected chi connectivity index (χ4v) is 3.35. The zero-order valence-corrected chi connectivity index (χ0v) is 12.6. The SMILES string of the molecule is CS(=O)(=O)CCC1CCCCN1C(=O)Cc1ccoc1. The Balaban J connectivity index is 1.97. The smallest absolute Gasteiger partial charge is 0.227 e. The van der Waals surface area contributed by atoms with Crippen LogP contribution in [0.5, 0.6) is 0 Å². The lowest BCUT2D eigenvalue weighted by Gasteiger charge is -2.35. The molecule has 0 spiro atoms. The monoisotopic (exact) mass is 299 g/mol. The lowest BCUT2D eigenvalue weighted by atomic mass is 9.99. The summed E-state index contributed by atoms with van der Waals surface area (Å²) in [4.78, 5) is 14.2. The van der Waals surface area contributed by atoms with Crippen LogP contribution >= 0.6 is 0 Å². The number of sulfone groups is 1. The van der Waals surface area contributed by atoms with E-state index in [0.29, 0.717) is 12.8 Å². The Morgan fingerprint density at radius 1 is 1.45 bits per heavy atom. The van der Waals surface area contributed by atoms with Crippen LogP contribution in [0.25, 0.3) is 0 Å². The van der Waals surface area contributed by atoms with Gasteiger partial charge in [0.2, 0.25) is 5.91 Å². The van der Waals surface area contributed by atoms with E-state index in [2.05, 4.69) is 0 Å². The van der Waals surface area contributed by atoms with Crippen LogP contribution in [0.3, 0.4) is 0 Å². The van der Waals surface area contributed by atoms with Crippen molar-refractivity contribution in [1.82, 2.24) is 4.90 Å². The van der Waals surface area contributed by atoms with E-state index in [4.69, 9.17) is 4.42 Å². The number of carbonyl (C=O) groups is 1. The molecule has 0 radical (unpaired) electrons. The molecule has 0 aromatic carbocycles. The highest BCUT2D eigenvalue weighted by Gasteiger charge is 2.27. The molecule has 20 heavy (non-hydrogen) atoms. The maximum Gasteiger partial charge on any atom is 0.227 e. The molecule has 1 unspecified atom stereocenters. The van der Waals surface area contributed by atoms with Crippen molar-refractivity contribution >= 4 is 15.7 Å². The predicted molar refractivity (Wildman–Crippen MR) is 76.1 cm³/mol. The zero-order valence-electron chi connectivity index (χ0n) is 11.7. The van der Waals surface area contributed by atoms with Crippen LogP contribution in [0.15, 0.2) is 23.0 Å². The topological polar surface area (TPSA) is 67.6 Å². The van der Waals surface area contributed by atoms with Crippen LogP contribution < -0.4 is 0 Å². The zero-order chi connectivity index (χ0) is 14.6. The summed E-state index contributed by atoms with van der Waals surface area (Å²) in [6.45, 7) is 0.727. The highest BCUT2D eigenvalue weighted by molar-refractivity contribution is 7.90. The number of nitrogens with zero attached hydrogens (tertiary/aromatic N) is 1. The molecule has 2 rings (SSSR count). The van der Waals surface area contributed by atoms with Gasteiger partial charge in [-0.15, -0.1) is 0 Å².